The third kappa shape index (κ3) is 1.37. The van der Waals surface area contributed by atoms with Crippen LogP contribution in [-0.2, 0) is 0 Å². The SMILES string of the molecule is Fc1cc(-c2ccon2)cc(F)c1F. The Morgan fingerprint density at radius 3 is 2.21 bits per heavy atom. The van der Waals surface area contributed by atoms with Gasteiger partial charge < -0.3 is 4.52 Å². The summed E-state index contributed by atoms with van der Waals surface area (Å²) in [7, 11) is 0. The number of nitrogens with zero attached hydrogens (tertiary/aromatic N) is 1. The zero-order valence-electron chi connectivity index (χ0n) is 6.80. The second-order valence-corrected chi connectivity index (χ2v) is 2.64. The molecule has 5 heteroatoms. The van der Waals surface area contributed by atoms with Crippen LogP contribution in [-0.4, -0.2) is 5.16 Å². The molecule has 0 saturated heterocycles. The number of rotatable bonds is 1. The highest BCUT2D eigenvalue weighted by Crippen LogP contribution is 2.21. The Morgan fingerprint density at radius 1 is 1.07 bits per heavy atom. The minimum absolute atomic E-state index is 0.134. The van der Waals surface area contributed by atoms with Gasteiger partial charge in [-0.15, -0.1) is 0 Å². The molecule has 0 N–H and O–H groups in total. The smallest absolute Gasteiger partial charge is 0.194 e. The molecule has 2 nitrogen and oxygen atoms in total. The first-order valence-electron chi connectivity index (χ1n) is 3.74. The van der Waals surface area contributed by atoms with E-state index >= 15 is 0 Å². The molecule has 0 aliphatic heterocycles. The Bertz CT molecular complexity index is 430. The van der Waals surface area contributed by atoms with E-state index in [9.17, 15) is 13.2 Å². The number of hydrogen-bond acceptors (Lipinski definition) is 2. The summed E-state index contributed by atoms with van der Waals surface area (Å²) in [5.74, 6) is -3.98. The molecule has 0 atom stereocenters. The average molecular weight is 199 g/mol. The van der Waals surface area contributed by atoms with Crippen molar-refractivity contribution in [2.24, 2.45) is 0 Å². The Labute approximate surface area is 77.0 Å². The Hall–Kier alpha value is -1.78. The molecule has 0 unspecified atom stereocenters. The van der Waals surface area contributed by atoms with Gasteiger partial charge >= 0.3 is 0 Å². The van der Waals surface area contributed by atoms with Crippen LogP contribution in [0, 0.1) is 17.5 Å². The third-order valence-electron chi connectivity index (χ3n) is 1.72. The molecule has 2 aromatic rings. The Kier molecular flexibility index (Phi) is 1.99. The fourth-order valence-corrected chi connectivity index (χ4v) is 1.06. The van der Waals surface area contributed by atoms with Gasteiger partial charge in [0, 0.05) is 11.6 Å². The van der Waals surface area contributed by atoms with E-state index in [4.69, 9.17) is 0 Å². The maximum Gasteiger partial charge on any atom is 0.194 e. The van der Waals surface area contributed by atoms with Gasteiger partial charge in [0.25, 0.3) is 0 Å². The topological polar surface area (TPSA) is 26.0 Å². The van der Waals surface area contributed by atoms with Crippen LogP contribution < -0.4 is 0 Å². The molecular formula is C9H4F3NO. The second kappa shape index (κ2) is 3.17. The monoisotopic (exact) mass is 199 g/mol. The molecule has 0 spiro atoms. The highest BCUT2D eigenvalue weighted by molar-refractivity contribution is 5.58. The zero-order valence-corrected chi connectivity index (χ0v) is 6.80. The van der Waals surface area contributed by atoms with Crippen molar-refractivity contribution in [3.63, 3.8) is 0 Å². The van der Waals surface area contributed by atoms with Crippen molar-refractivity contribution in [1.29, 1.82) is 0 Å². The minimum atomic E-state index is -1.49. The van der Waals surface area contributed by atoms with E-state index in [1.807, 2.05) is 0 Å². The molecule has 0 fully saturated rings. The molecule has 72 valence electrons. The predicted molar refractivity (Wildman–Crippen MR) is 41.8 cm³/mol. The van der Waals surface area contributed by atoms with Crippen molar-refractivity contribution >= 4 is 0 Å². The normalized spacial score (nSPS) is 10.5. The van der Waals surface area contributed by atoms with Gasteiger partial charge in [-0.25, -0.2) is 13.2 Å². The highest BCUT2D eigenvalue weighted by Gasteiger charge is 2.12. The molecule has 0 bridgehead atoms. The number of halogens is 3. The quantitative estimate of drug-likeness (QED) is 0.660. The molecule has 0 amide bonds. The van der Waals surface area contributed by atoms with Gasteiger partial charge in [-0.3, -0.25) is 0 Å². The fraction of sp³-hybridized carbons (Fsp3) is 0. The summed E-state index contributed by atoms with van der Waals surface area (Å²) >= 11 is 0. The number of aromatic nitrogens is 1. The van der Waals surface area contributed by atoms with E-state index in [0.29, 0.717) is 0 Å². The van der Waals surface area contributed by atoms with Crippen LogP contribution >= 0.6 is 0 Å². The Morgan fingerprint density at radius 2 is 1.71 bits per heavy atom. The van der Waals surface area contributed by atoms with Gasteiger partial charge in [-0.05, 0) is 12.1 Å². The summed E-state index contributed by atoms with van der Waals surface area (Å²) < 4.78 is 42.6. The molecule has 0 radical (unpaired) electrons. The molecule has 0 aliphatic carbocycles. The number of benzene rings is 1. The lowest BCUT2D eigenvalue weighted by Crippen LogP contribution is -1.91. The molecular weight excluding hydrogens is 195 g/mol. The first kappa shape index (κ1) is 8.80. The first-order chi connectivity index (χ1) is 6.68. The predicted octanol–water partition coefficient (Wildman–Crippen LogP) is 2.76. The lowest BCUT2D eigenvalue weighted by atomic mass is 10.1. The summed E-state index contributed by atoms with van der Waals surface area (Å²) in [6.45, 7) is 0. The van der Waals surface area contributed by atoms with E-state index in [1.165, 1.54) is 12.3 Å². The Balaban J connectivity index is 2.57. The van der Waals surface area contributed by atoms with Crippen LogP contribution in [0.3, 0.4) is 0 Å². The van der Waals surface area contributed by atoms with Crippen molar-refractivity contribution < 1.29 is 17.7 Å². The van der Waals surface area contributed by atoms with E-state index in [-0.39, 0.29) is 11.3 Å². The van der Waals surface area contributed by atoms with Crippen molar-refractivity contribution in [2.45, 2.75) is 0 Å². The summed E-state index contributed by atoms with van der Waals surface area (Å²) in [6.07, 6.45) is 1.26. The molecule has 0 aliphatic rings. The van der Waals surface area contributed by atoms with Crippen LogP contribution in [0.5, 0.6) is 0 Å². The summed E-state index contributed by atoms with van der Waals surface area (Å²) in [5, 5.41) is 3.47. The second-order valence-electron chi connectivity index (χ2n) is 2.64. The standard InChI is InChI=1S/C9H4F3NO/c10-6-3-5(4-7(11)9(6)12)8-1-2-14-13-8/h1-4H. The first-order valence-corrected chi connectivity index (χ1v) is 3.74. The van der Waals surface area contributed by atoms with Gasteiger partial charge in [0.1, 0.15) is 12.0 Å². The van der Waals surface area contributed by atoms with Gasteiger partial charge in [0.15, 0.2) is 17.5 Å². The fourth-order valence-electron chi connectivity index (χ4n) is 1.06. The lowest BCUT2D eigenvalue weighted by molar-refractivity contribution is 0.421. The average Bonchev–Trinajstić information content (AvgIpc) is 2.66. The van der Waals surface area contributed by atoms with Crippen LogP contribution in [0.25, 0.3) is 11.3 Å². The summed E-state index contributed by atoms with van der Waals surface area (Å²) in [5.41, 5.74) is 0.387. The minimum Gasteiger partial charge on any atom is -0.364 e. The van der Waals surface area contributed by atoms with Crippen molar-refractivity contribution in [3.05, 3.63) is 41.9 Å². The molecule has 1 heterocycles. The van der Waals surface area contributed by atoms with E-state index in [0.717, 1.165) is 12.1 Å². The molecule has 14 heavy (non-hydrogen) atoms. The van der Waals surface area contributed by atoms with Gasteiger partial charge in [-0.2, -0.15) is 0 Å². The van der Waals surface area contributed by atoms with Gasteiger partial charge in [0.2, 0.25) is 0 Å². The van der Waals surface area contributed by atoms with Crippen molar-refractivity contribution in [1.82, 2.24) is 5.16 Å². The molecule has 1 aromatic heterocycles. The maximum atomic E-state index is 12.8. The van der Waals surface area contributed by atoms with E-state index in [1.54, 1.807) is 0 Å². The summed E-state index contributed by atoms with van der Waals surface area (Å²) in [6, 6.07) is 3.14. The van der Waals surface area contributed by atoms with Crippen LogP contribution in [0.15, 0.2) is 29.0 Å². The highest BCUT2D eigenvalue weighted by atomic mass is 19.2. The molecule has 0 saturated carbocycles. The zero-order chi connectivity index (χ0) is 10.1. The lowest BCUT2D eigenvalue weighted by Gasteiger charge is -1.98. The van der Waals surface area contributed by atoms with Gasteiger partial charge in [-0.1, -0.05) is 5.16 Å². The van der Waals surface area contributed by atoms with E-state index < -0.39 is 17.5 Å². The van der Waals surface area contributed by atoms with Crippen LogP contribution in [0.2, 0.25) is 0 Å². The molecule has 1 aromatic carbocycles. The van der Waals surface area contributed by atoms with Crippen molar-refractivity contribution in [3.8, 4) is 11.3 Å². The van der Waals surface area contributed by atoms with Crippen LogP contribution in [0.1, 0.15) is 0 Å². The number of hydrogen-bond donors (Lipinski definition) is 0. The third-order valence-corrected chi connectivity index (χ3v) is 1.72. The van der Waals surface area contributed by atoms with Gasteiger partial charge in [0.05, 0.1) is 0 Å². The van der Waals surface area contributed by atoms with Crippen molar-refractivity contribution in [2.75, 3.05) is 0 Å². The van der Waals surface area contributed by atoms with E-state index in [2.05, 4.69) is 9.68 Å². The van der Waals surface area contributed by atoms with Crippen LogP contribution in [0.4, 0.5) is 13.2 Å². The maximum absolute atomic E-state index is 12.8. The largest absolute Gasteiger partial charge is 0.364 e. The summed E-state index contributed by atoms with van der Waals surface area (Å²) in [4.78, 5) is 0. The molecule has 2 rings (SSSR count).